The van der Waals surface area contributed by atoms with Crippen molar-refractivity contribution in [1.82, 2.24) is 10.6 Å². The van der Waals surface area contributed by atoms with Crippen molar-refractivity contribution in [3.05, 3.63) is 22.2 Å². The first-order valence-electron chi connectivity index (χ1n) is 5.05. The van der Waals surface area contributed by atoms with Crippen LogP contribution in [0.5, 0.6) is 11.5 Å². The molecule has 0 spiro atoms. The lowest BCUT2D eigenvalue weighted by Crippen LogP contribution is -2.30. The van der Waals surface area contributed by atoms with Gasteiger partial charge in [-0.15, -0.1) is 0 Å². The first-order valence-corrected chi connectivity index (χ1v) is 5.84. The normalized spacial score (nSPS) is 10.1. The van der Waals surface area contributed by atoms with E-state index in [0.29, 0.717) is 16.8 Å². The third-order valence-corrected chi connectivity index (χ3v) is 2.81. The molecule has 0 radical (unpaired) electrons. The number of hydrogen-bond donors (Lipinski definition) is 3. The van der Waals surface area contributed by atoms with Crippen LogP contribution in [0.15, 0.2) is 16.6 Å². The standard InChI is InChI=1S/C11H15BrN2O3/c1-13-10(15)6-14-5-7-3-8(12)11(16)9(4-7)17-2/h3-4,14,16H,5-6H2,1-2H3,(H,13,15). The van der Waals surface area contributed by atoms with Gasteiger partial charge in [0.1, 0.15) is 0 Å². The van der Waals surface area contributed by atoms with Gasteiger partial charge in [-0.05, 0) is 33.6 Å². The van der Waals surface area contributed by atoms with Gasteiger partial charge < -0.3 is 20.5 Å². The Bertz CT molecular complexity index is 410. The molecule has 0 heterocycles. The fourth-order valence-electron chi connectivity index (χ4n) is 1.29. The molecule has 1 rings (SSSR count). The van der Waals surface area contributed by atoms with Crippen LogP contribution >= 0.6 is 15.9 Å². The van der Waals surface area contributed by atoms with Gasteiger partial charge in [0.25, 0.3) is 0 Å². The zero-order valence-electron chi connectivity index (χ0n) is 9.71. The number of methoxy groups -OCH3 is 1. The predicted octanol–water partition coefficient (Wildman–Crippen LogP) is 0.999. The van der Waals surface area contributed by atoms with Crippen LogP contribution in [0.3, 0.4) is 0 Å². The molecule has 5 nitrogen and oxygen atoms in total. The second-order valence-electron chi connectivity index (χ2n) is 3.41. The highest BCUT2D eigenvalue weighted by Crippen LogP contribution is 2.35. The van der Waals surface area contributed by atoms with E-state index in [2.05, 4.69) is 26.6 Å². The first-order chi connectivity index (χ1) is 8.08. The summed E-state index contributed by atoms with van der Waals surface area (Å²) >= 11 is 3.24. The second kappa shape index (κ2) is 6.46. The summed E-state index contributed by atoms with van der Waals surface area (Å²) in [6, 6.07) is 3.49. The molecule has 0 saturated carbocycles. The van der Waals surface area contributed by atoms with Crippen molar-refractivity contribution in [3.8, 4) is 11.5 Å². The summed E-state index contributed by atoms with van der Waals surface area (Å²) in [5, 5.41) is 15.1. The van der Waals surface area contributed by atoms with Crippen LogP contribution in [0.2, 0.25) is 0 Å². The number of carbonyl (C=O) groups is 1. The lowest BCUT2D eigenvalue weighted by Gasteiger charge is -2.09. The maximum atomic E-state index is 11.0. The van der Waals surface area contributed by atoms with Gasteiger partial charge in [-0.2, -0.15) is 0 Å². The molecule has 0 unspecified atom stereocenters. The molecule has 0 aliphatic carbocycles. The van der Waals surface area contributed by atoms with Crippen molar-refractivity contribution in [3.63, 3.8) is 0 Å². The minimum atomic E-state index is -0.0743. The number of phenolic OH excluding ortho intramolecular Hbond substituents is 1. The number of amides is 1. The van der Waals surface area contributed by atoms with Gasteiger partial charge in [0.05, 0.1) is 18.1 Å². The highest BCUT2D eigenvalue weighted by molar-refractivity contribution is 9.10. The molecule has 0 aromatic heterocycles. The number of hydrogen-bond acceptors (Lipinski definition) is 4. The van der Waals surface area contributed by atoms with Crippen LogP contribution in [-0.2, 0) is 11.3 Å². The molecule has 1 aromatic rings. The fraction of sp³-hybridized carbons (Fsp3) is 0.364. The van der Waals surface area contributed by atoms with Crippen LogP contribution in [0.25, 0.3) is 0 Å². The Labute approximate surface area is 108 Å². The molecule has 3 N–H and O–H groups in total. The van der Waals surface area contributed by atoms with E-state index >= 15 is 0 Å². The Hall–Kier alpha value is -1.27. The number of aromatic hydroxyl groups is 1. The van der Waals surface area contributed by atoms with E-state index in [4.69, 9.17) is 4.74 Å². The summed E-state index contributed by atoms with van der Waals surface area (Å²) in [5.74, 6) is 0.397. The van der Waals surface area contributed by atoms with Crippen LogP contribution in [0.4, 0.5) is 0 Å². The van der Waals surface area contributed by atoms with Gasteiger partial charge in [0.15, 0.2) is 11.5 Å². The largest absolute Gasteiger partial charge is 0.503 e. The zero-order valence-corrected chi connectivity index (χ0v) is 11.3. The summed E-state index contributed by atoms with van der Waals surface area (Å²) in [6.45, 7) is 0.764. The summed E-state index contributed by atoms with van der Waals surface area (Å²) in [6.07, 6.45) is 0. The highest BCUT2D eigenvalue weighted by atomic mass is 79.9. The van der Waals surface area contributed by atoms with E-state index in [0.717, 1.165) is 5.56 Å². The van der Waals surface area contributed by atoms with E-state index < -0.39 is 0 Å². The maximum Gasteiger partial charge on any atom is 0.233 e. The Balaban J connectivity index is 2.66. The van der Waals surface area contributed by atoms with Gasteiger partial charge in [0, 0.05) is 13.6 Å². The summed E-state index contributed by atoms with van der Waals surface area (Å²) in [5.41, 5.74) is 0.912. The fourth-order valence-corrected chi connectivity index (χ4v) is 1.78. The number of benzene rings is 1. The smallest absolute Gasteiger partial charge is 0.233 e. The van der Waals surface area contributed by atoms with E-state index in [-0.39, 0.29) is 18.2 Å². The monoisotopic (exact) mass is 302 g/mol. The maximum absolute atomic E-state index is 11.0. The molecule has 94 valence electrons. The molecular weight excluding hydrogens is 288 g/mol. The lowest BCUT2D eigenvalue weighted by atomic mass is 10.2. The lowest BCUT2D eigenvalue weighted by molar-refractivity contribution is -0.119. The van der Waals surface area contributed by atoms with Crippen molar-refractivity contribution >= 4 is 21.8 Å². The predicted molar refractivity (Wildman–Crippen MR) is 68.1 cm³/mol. The Morgan fingerprint density at radius 1 is 1.53 bits per heavy atom. The summed E-state index contributed by atoms with van der Waals surface area (Å²) in [4.78, 5) is 11.0. The van der Waals surface area contributed by atoms with Gasteiger partial charge in [-0.3, -0.25) is 4.79 Å². The minimum absolute atomic E-state index is 0.0718. The molecule has 0 bridgehead atoms. The van der Waals surface area contributed by atoms with Gasteiger partial charge in [-0.25, -0.2) is 0 Å². The number of rotatable bonds is 5. The topological polar surface area (TPSA) is 70.6 Å². The van der Waals surface area contributed by atoms with Crippen LogP contribution < -0.4 is 15.4 Å². The van der Waals surface area contributed by atoms with E-state index in [1.807, 2.05) is 0 Å². The van der Waals surface area contributed by atoms with Gasteiger partial charge in [-0.1, -0.05) is 0 Å². The second-order valence-corrected chi connectivity index (χ2v) is 4.26. The van der Waals surface area contributed by atoms with E-state index in [9.17, 15) is 9.90 Å². The van der Waals surface area contributed by atoms with Crippen LogP contribution in [-0.4, -0.2) is 31.7 Å². The molecule has 0 aliphatic heterocycles. The first kappa shape index (κ1) is 13.8. The molecule has 1 amide bonds. The summed E-state index contributed by atoms with van der Waals surface area (Å²) < 4.78 is 5.59. The molecule has 0 aliphatic rings. The van der Waals surface area contributed by atoms with E-state index in [1.165, 1.54) is 7.11 Å². The zero-order chi connectivity index (χ0) is 12.8. The van der Waals surface area contributed by atoms with Crippen molar-refractivity contribution in [2.45, 2.75) is 6.54 Å². The van der Waals surface area contributed by atoms with Crippen molar-refractivity contribution < 1.29 is 14.6 Å². The average molecular weight is 303 g/mol. The van der Waals surface area contributed by atoms with E-state index in [1.54, 1.807) is 19.2 Å². The molecule has 6 heteroatoms. The quantitative estimate of drug-likeness (QED) is 0.759. The number of carbonyl (C=O) groups excluding carboxylic acids is 1. The summed E-state index contributed by atoms with van der Waals surface area (Å²) in [7, 11) is 3.08. The Kier molecular flexibility index (Phi) is 5.24. The number of phenols is 1. The Morgan fingerprint density at radius 3 is 2.82 bits per heavy atom. The number of nitrogens with one attached hydrogen (secondary N) is 2. The van der Waals surface area contributed by atoms with Crippen molar-refractivity contribution in [2.24, 2.45) is 0 Å². The van der Waals surface area contributed by atoms with Crippen molar-refractivity contribution in [2.75, 3.05) is 20.7 Å². The highest BCUT2D eigenvalue weighted by Gasteiger charge is 2.08. The van der Waals surface area contributed by atoms with Gasteiger partial charge >= 0.3 is 0 Å². The van der Waals surface area contributed by atoms with Crippen LogP contribution in [0, 0.1) is 0 Å². The minimum Gasteiger partial charge on any atom is -0.503 e. The molecule has 17 heavy (non-hydrogen) atoms. The van der Waals surface area contributed by atoms with Crippen molar-refractivity contribution in [1.29, 1.82) is 0 Å². The third-order valence-electron chi connectivity index (χ3n) is 2.20. The molecule has 0 fully saturated rings. The third kappa shape index (κ3) is 3.90. The number of likely N-dealkylation sites (N-methyl/N-ethyl adjacent to an activating group) is 1. The molecule has 0 atom stereocenters. The number of ether oxygens (including phenoxy) is 1. The van der Waals surface area contributed by atoms with Crippen LogP contribution in [0.1, 0.15) is 5.56 Å². The Morgan fingerprint density at radius 2 is 2.24 bits per heavy atom. The average Bonchev–Trinajstić information content (AvgIpc) is 2.33. The molecule has 1 aromatic carbocycles. The van der Waals surface area contributed by atoms with Gasteiger partial charge in [0.2, 0.25) is 5.91 Å². The molecule has 0 saturated heterocycles. The number of halogens is 1. The SMILES string of the molecule is CNC(=O)CNCc1cc(Br)c(O)c(OC)c1. The molecular formula is C11H15BrN2O3.